The predicted molar refractivity (Wildman–Crippen MR) is 135 cm³/mol. The van der Waals surface area contributed by atoms with Gasteiger partial charge in [0.15, 0.2) is 0 Å². The van der Waals surface area contributed by atoms with Crippen molar-refractivity contribution in [3.05, 3.63) is 87.3 Å². The molecule has 34 heavy (non-hydrogen) atoms. The molecule has 0 saturated heterocycles. The zero-order chi connectivity index (χ0) is 22.4. The van der Waals surface area contributed by atoms with Crippen LogP contribution in [0.25, 0.3) is 43.9 Å². The first-order valence-electron chi connectivity index (χ1n) is 9.66. The van der Waals surface area contributed by atoms with E-state index in [1.165, 1.54) is 0 Å². The average Bonchev–Trinajstić information content (AvgIpc) is 3.34. The van der Waals surface area contributed by atoms with Crippen LogP contribution in [0.5, 0.6) is 0 Å². The molecule has 6 aromatic rings. The van der Waals surface area contributed by atoms with E-state index in [1.54, 1.807) is 30.3 Å². The van der Waals surface area contributed by atoms with Crippen LogP contribution in [0.4, 0.5) is 0 Å². The third-order valence-electron chi connectivity index (χ3n) is 5.20. The zero-order valence-electron chi connectivity index (χ0n) is 17.4. The van der Waals surface area contributed by atoms with Gasteiger partial charge in [-0.3, -0.25) is 0 Å². The van der Waals surface area contributed by atoms with E-state index in [0.717, 1.165) is 42.2 Å². The van der Waals surface area contributed by atoms with Crippen LogP contribution in [0, 0.1) is 62.2 Å². The van der Waals surface area contributed by atoms with Crippen molar-refractivity contribution in [3.8, 4) is 0 Å². The Hall–Kier alpha value is -0.371. The minimum absolute atomic E-state index is 0. The maximum absolute atomic E-state index is 9.28. The molecule has 2 N–H and O–H groups in total. The summed E-state index contributed by atoms with van der Waals surface area (Å²) in [6.45, 7) is 0. The van der Waals surface area contributed by atoms with E-state index in [9.17, 15) is 10.0 Å². The molecule has 0 aliphatic rings. The van der Waals surface area contributed by atoms with Gasteiger partial charge in [-0.2, -0.15) is 0 Å². The van der Waals surface area contributed by atoms with Crippen molar-refractivity contribution in [2.75, 3.05) is 0 Å². The van der Waals surface area contributed by atoms with Crippen LogP contribution in [-0.2, 0) is 0 Å². The summed E-state index contributed by atoms with van der Waals surface area (Å²) < 4.78 is 12.3. The summed E-state index contributed by atoms with van der Waals surface area (Å²) in [7, 11) is -1.56. The molecule has 0 fully saturated rings. The van der Waals surface area contributed by atoms with Crippen LogP contribution < -0.4 is 5.46 Å². The molecule has 0 saturated carbocycles. The van der Waals surface area contributed by atoms with Gasteiger partial charge in [0.05, 0.1) is 14.5 Å². The third kappa shape index (κ3) is 5.19. The normalized spacial score (nSPS) is 10.6. The fourth-order valence-electron chi connectivity index (χ4n) is 3.80. The molecule has 0 radical (unpaired) electrons. The number of rotatable bonds is 1. The Balaban J connectivity index is 0.000000181. The summed E-state index contributed by atoms with van der Waals surface area (Å²) in [6.07, 6.45) is 0. The van der Waals surface area contributed by atoms with Gasteiger partial charge in [-0.15, -0.1) is 0 Å². The number of para-hydroxylation sites is 2. The van der Waals surface area contributed by atoms with Gasteiger partial charge in [0.2, 0.25) is 0 Å². The van der Waals surface area contributed by atoms with E-state index in [0.29, 0.717) is 21.7 Å². The molecule has 0 unspecified atom stereocenters. The Labute approximate surface area is 261 Å². The standard InChI is InChI=1S/C12H8BClO3.C12H6BrClO.2U/c14-9-5-2-6-10-11(9)7-3-1-4-8(13(15)16)12(7)17-10;13-8-4-1-3-7-11-9(14)5-2-6-10(11)15-12(7)8;;/h1-6,15-16H;1-6H;;. The number of halogens is 3. The fraction of sp³-hybridized carbons (Fsp3) is 0. The van der Waals surface area contributed by atoms with Crippen LogP contribution in [0.15, 0.2) is 86.1 Å². The Morgan fingerprint density at radius 2 is 1.12 bits per heavy atom. The molecule has 10 heteroatoms. The van der Waals surface area contributed by atoms with E-state index in [1.807, 2.05) is 42.5 Å². The van der Waals surface area contributed by atoms with Gasteiger partial charge in [0, 0.05) is 89.2 Å². The van der Waals surface area contributed by atoms with E-state index in [4.69, 9.17) is 32.0 Å². The van der Waals surface area contributed by atoms with Crippen molar-refractivity contribution in [2.45, 2.75) is 0 Å². The summed E-state index contributed by atoms with van der Waals surface area (Å²) >= 11 is 15.7. The molecule has 0 bridgehead atoms. The Kier molecular flexibility index (Phi) is 9.78. The number of furan rings is 2. The van der Waals surface area contributed by atoms with Crippen molar-refractivity contribution in [3.63, 3.8) is 0 Å². The first-order valence-corrected chi connectivity index (χ1v) is 11.2. The Bertz CT molecular complexity index is 1620. The Morgan fingerprint density at radius 3 is 1.68 bits per heavy atom. The summed E-state index contributed by atoms with van der Waals surface area (Å²) in [5, 5.41) is 23.5. The van der Waals surface area contributed by atoms with Crippen molar-refractivity contribution in [1.82, 2.24) is 0 Å². The molecular weight excluding hydrogens is 990 g/mol. The van der Waals surface area contributed by atoms with Gasteiger partial charge in [-0.25, -0.2) is 0 Å². The topological polar surface area (TPSA) is 66.7 Å². The van der Waals surface area contributed by atoms with Crippen LogP contribution in [0.3, 0.4) is 0 Å². The van der Waals surface area contributed by atoms with Crippen LogP contribution in [-0.4, -0.2) is 17.2 Å². The first-order chi connectivity index (χ1) is 15.5. The van der Waals surface area contributed by atoms with E-state index in [2.05, 4.69) is 15.9 Å². The molecule has 0 aliphatic heterocycles. The summed E-state index contributed by atoms with van der Waals surface area (Å²) in [4.78, 5) is 0. The van der Waals surface area contributed by atoms with Crippen molar-refractivity contribution in [1.29, 1.82) is 0 Å². The minimum atomic E-state index is -1.56. The second-order valence-corrected chi connectivity index (χ2v) is 8.81. The van der Waals surface area contributed by atoms with Gasteiger partial charge in [-0.05, 0) is 46.3 Å². The largest absolute Gasteiger partial charge is 0.492 e. The predicted octanol–water partition coefficient (Wildman–Crippen LogP) is 6.92. The Morgan fingerprint density at radius 1 is 0.647 bits per heavy atom. The maximum atomic E-state index is 9.28. The molecule has 2 aromatic heterocycles. The van der Waals surface area contributed by atoms with Crippen LogP contribution in [0.1, 0.15) is 0 Å². The summed E-state index contributed by atoms with van der Waals surface area (Å²) in [5.74, 6) is 0. The van der Waals surface area contributed by atoms with Crippen LogP contribution >= 0.6 is 39.1 Å². The molecule has 0 amide bonds. The molecule has 0 spiro atoms. The van der Waals surface area contributed by atoms with Crippen LogP contribution in [0.2, 0.25) is 10.0 Å². The molecule has 4 aromatic carbocycles. The second kappa shape index (κ2) is 11.8. The molecular formula is C24H14BBrCl2O4U2. The summed E-state index contributed by atoms with van der Waals surface area (Å²) in [6, 6.07) is 22.2. The van der Waals surface area contributed by atoms with Gasteiger partial charge in [0.25, 0.3) is 0 Å². The van der Waals surface area contributed by atoms with E-state index >= 15 is 0 Å². The van der Waals surface area contributed by atoms with Gasteiger partial charge in [0.1, 0.15) is 22.3 Å². The average molecular weight is 1000 g/mol. The van der Waals surface area contributed by atoms with Gasteiger partial charge >= 0.3 is 7.12 Å². The van der Waals surface area contributed by atoms with Crippen molar-refractivity contribution >= 4 is 95.6 Å². The molecule has 166 valence electrons. The summed E-state index contributed by atoms with van der Waals surface area (Å²) in [5.41, 5.74) is 3.12. The number of hydrogen-bond acceptors (Lipinski definition) is 4. The third-order valence-corrected chi connectivity index (χ3v) is 6.46. The van der Waals surface area contributed by atoms with Gasteiger partial charge < -0.3 is 18.9 Å². The first kappa shape index (κ1) is 28.2. The molecule has 0 atom stereocenters. The molecule has 2 heterocycles. The van der Waals surface area contributed by atoms with E-state index < -0.39 is 7.12 Å². The van der Waals surface area contributed by atoms with Crippen molar-refractivity contribution in [2.24, 2.45) is 0 Å². The molecule has 0 aliphatic carbocycles. The second-order valence-electron chi connectivity index (χ2n) is 7.14. The number of benzene rings is 4. The molecule has 4 nitrogen and oxygen atoms in total. The zero-order valence-corrected chi connectivity index (χ0v) is 28.8. The quantitative estimate of drug-likeness (QED) is 0.176. The number of hydrogen-bond donors (Lipinski definition) is 2. The SMILES string of the molecule is Clc1cccc2oc3c(Br)cccc3c12.OB(O)c1cccc2c1oc1cccc(Cl)c12.[U].[U]. The smallest absolute Gasteiger partial charge is 0.456 e. The van der Waals surface area contributed by atoms with Gasteiger partial charge in [-0.1, -0.05) is 65.7 Å². The van der Waals surface area contributed by atoms with E-state index in [-0.39, 0.29) is 62.2 Å². The molecule has 6 rings (SSSR count). The number of fused-ring (bicyclic) bond motifs is 6. The van der Waals surface area contributed by atoms with Crippen molar-refractivity contribution < 1.29 is 81.1 Å². The monoisotopic (exact) mass is 1000 g/mol. The minimum Gasteiger partial charge on any atom is -0.456 e. The maximum Gasteiger partial charge on any atom is 0.492 e. The fourth-order valence-corrected chi connectivity index (χ4v) is 4.78.